The number of aromatic nitrogens is 2. The Hall–Kier alpha value is -5.10. The standard InChI is InChI=1S/C32H36N4O8/c1-19(2)44-31(41)24(33-29(39)28-26(37)7-6-8-27(28)38)17-20-9-11-21(12-10-20)36-30(40)23-18-22(43-16-15-34(3)4)13-14-25(23)35(5)32(36)42/h6-14,18-19,24,37-38H,15-17H2,1-5H3,(H,33,39). The molecule has 1 amide bonds. The number of hydrogen-bond acceptors (Lipinski definition) is 9. The van der Waals surface area contributed by atoms with Gasteiger partial charge in [-0.25, -0.2) is 14.2 Å². The quantitative estimate of drug-likeness (QED) is 0.219. The van der Waals surface area contributed by atoms with E-state index in [0.717, 1.165) is 4.57 Å². The molecule has 0 spiro atoms. The lowest BCUT2D eigenvalue weighted by atomic mass is 10.0. The lowest BCUT2D eigenvalue weighted by Gasteiger charge is -2.20. The van der Waals surface area contributed by atoms with E-state index in [0.29, 0.717) is 41.1 Å². The number of nitrogens with zero attached hydrogens (tertiary/aromatic N) is 3. The van der Waals surface area contributed by atoms with Crippen molar-refractivity contribution in [3.8, 4) is 22.9 Å². The van der Waals surface area contributed by atoms with E-state index in [1.807, 2.05) is 19.0 Å². The molecule has 4 aromatic rings. The molecule has 1 unspecified atom stereocenters. The second-order valence-electron chi connectivity index (χ2n) is 10.9. The summed E-state index contributed by atoms with van der Waals surface area (Å²) in [7, 11) is 5.44. The number of amides is 1. The van der Waals surface area contributed by atoms with Gasteiger partial charge in [-0.3, -0.25) is 14.2 Å². The summed E-state index contributed by atoms with van der Waals surface area (Å²) in [6.07, 6.45) is -0.470. The van der Waals surface area contributed by atoms with Crippen LogP contribution in [0.4, 0.5) is 0 Å². The van der Waals surface area contributed by atoms with Gasteiger partial charge in [0.1, 0.15) is 35.5 Å². The summed E-state index contributed by atoms with van der Waals surface area (Å²) in [6, 6.07) is 14.1. The topological polar surface area (TPSA) is 152 Å². The van der Waals surface area contributed by atoms with Crippen molar-refractivity contribution in [1.29, 1.82) is 0 Å². The molecule has 1 atom stereocenters. The molecule has 4 rings (SSSR count). The van der Waals surface area contributed by atoms with Gasteiger partial charge in [-0.15, -0.1) is 0 Å². The predicted molar refractivity (Wildman–Crippen MR) is 165 cm³/mol. The fraction of sp³-hybridized carbons (Fsp3) is 0.312. The first-order chi connectivity index (χ1) is 20.9. The van der Waals surface area contributed by atoms with Crippen LogP contribution in [0.5, 0.6) is 17.2 Å². The number of rotatable bonds is 11. The Kier molecular flexibility index (Phi) is 9.74. The van der Waals surface area contributed by atoms with E-state index in [9.17, 15) is 29.4 Å². The van der Waals surface area contributed by atoms with Crippen LogP contribution in [0.25, 0.3) is 16.6 Å². The highest BCUT2D eigenvalue weighted by atomic mass is 16.5. The molecular weight excluding hydrogens is 568 g/mol. The first kappa shape index (κ1) is 31.8. The van der Waals surface area contributed by atoms with Gasteiger partial charge in [-0.1, -0.05) is 18.2 Å². The summed E-state index contributed by atoms with van der Waals surface area (Å²) >= 11 is 0. The van der Waals surface area contributed by atoms with Crippen LogP contribution in [0.3, 0.4) is 0 Å². The number of phenols is 2. The fourth-order valence-electron chi connectivity index (χ4n) is 4.62. The van der Waals surface area contributed by atoms with E-state index in [-0.39, 0.29) is 12.0 Å². The Morgan fingerprint density at radius 2 is 1.64 bits per heavy atom. The zero-order valence-electron chi connectivity index (χ0n) is 25.2. The molecule has 0 saturated carbocycles. The Morgan fingerprint density at radius 1 is 0.977 bits per heavy atom. The van der Waals surface area contributed by atoms with Gasteiger partial charge in [0.15, 0.2) is 0 Å². The van der Waals surface area contributed by atoms with E-state index >= 15 is 0 Å². The molecule has 0 fully saturated rings. The van der Waals surface area contributed by atoms with E-state index < -0.39 is 46.8 Å². The lowest BCUT2D eigenvalue weighted by molar-refractivity contribution is -0.149. The van der Waals surface area contributed by atoms with Gasteiger partial charge >= 0.3 is 11.7 Å². The molecule has 3 N–H and O–H groups in total. The SMILES string of the molecule is CC(C)OC(=O)C(Cc1ccc(-n2c(=O)c3cc(OCCN(C)C)ccc3n(C)c2=O)cc1)NC(=O)c1c(O)cccc1O. The number of aromatic hydroxyl groups is 2. The van der Waals surface area contributed by atoms with Crippen molar-refractivity contribution in [3.63, 3.8) is 0 Å². The van der Waals surface area contributed by atoms with Crippen molar-refractivity contribution in [2.75, 3.05) is 27.2 Å². The number of phenolic OH excluding ortho intramolecular Hbond substituents is 2. The number of likely N-dealkylation sites (N-methyl/N-ethyl adjacent to an activating group) is 1. The van der Waals surface area contributed by atoms with E-state index in [2.05, 4.69) is 5.32 Å². The van der Waals surface area contributed by atoms with Gasteiger partial charge in [0.05, 0.1) is 22.7 Å². The molecule has 232 valence electrons. The van der Waals surface area contributed by atoms with Crippen LogP contribution in [0.15, 0.2) is 70.3 Å². The van der Waals surface area contributed by atoms with Crippen LogP contribution in [0, 0.1) is 0 Å². The minimum absolute atomic E-state index is 0.00972. The first-order valence-corrected chi connectivity index (χ1v) is 14.0. The number of carbonyl (C=O) groups excluding carboxylic acids is 2. The zero-order valence-corrected chi connectivity index (χ0v) is 25.2. The number of aryl methyl sites for hydroxylation is 1. The summed E-state index contributed by atoms with van der Waals surface area (Å²) < 4.78 is 13.6. The fourth-order valence-corrected chi connectivity index (χ4v) is 4.62. The summed E-state index contributed by atoms with van der Waals surface area (Å²) in [5.41, 5.74) is -0.0617. The van der Waals surface area contributed by atoms with Crippen molar-refractivity contribution in [2.24, 2.45) is 7.05 Å². The number of hydrogen-bond donors (Lipinski definition) is 3. The average molecular weight is 605 g/mol. The molecule has 0 radical (unpaired) electrons. The molecule has 0 aliphatic rings. The lowest BCUT2D eigenvalue weighted by Crippen LogP contribution is -2.44. The predicted octanol–water partition coefficient (Wildman–Crippen LogP) is 2.33. The highest BCUT2D eigenvalue weighted by molar-refractivity contribution is 6.01. The van der Waals surface area contributed by atoms with Crippen molar-refractivity contribution in [3.05, 3.63) is 92.6 Å². The van der Waals surface area contributed by atoms with E-state index in [1.165, 1.54) is 22.8 Å². The molecule has 1 heterocycles. The molecule has 44 heavy (non-hydrogen) atoms. The van der Waals surface area contributed by atoms with Crippen molar-refractivity contribution >= 4 is 22.8 Å². The second kappa shape index (κ2) is 13.5. The van der Waals surface area contributed by atoms with Gasteiger partial charge in [0.2, 0.25) is 0 Å². The number of benzene rings is 3. The number of carbonyl (C=O) groups is 2. The first-order valence-electron chi connectivity index (χ1n) is 14.0. The Morgan fingerprint density at radius 3 is 2.25 bits per heavy atom. The monoisotopic (exact) mass is 604 g/mol. The third-order valence-electron chi connectivity index (χ3n) is 6.87. The zero-order chi connectivity index (χ0) is 32.1. The molecule has 0 bridgehead atoms. The van der Waals surface area contributed by atoms with Gasteiger partial charge in [0.25, 0.3) is 11.5 Å². The number of fused-ring (bicyclic) bond motifs is 1. The van der Waals surface area contributed by atoms with Crippen molar-refractivity contribution in [2.45, 2.75) is 32.4 Å². The van der Waals surface area contributed by atoms with E-state index in [1.54, 1.807) is 63.4 Å². The number of ether oxygens (including phenoxy) is 2. The second-order valence-corrected chi connectivity index (χ2v) is 10.9. The van der Waals surface area contributed by atoms with Gasteiger partial charge < -0.3 is 29.9 Å². The largest absolute Gasteiger partial charge is 0.507 e. The number of nitrogens with one attached hydrogen (secondary N) is 1. The molecule has 3 aromatic carbocycles. The average Bonchev–Trinajstić information content (AvgIpc) is 2.96. The summed E-state index contributed by atoms with van der Waals surface area (Å²) in [4.78, 5) is 54.6. The van der Waals surface area contributed by atoms with Crippen LogP contribution >= 0.6 is 0 Å². The normalized spacial score (nSPS) is 12.0. The highest BCUT2D eigenvalue weighted by Crippen LogP contribution is 2.26. The molecule has 0 saturated heterocycles. The smallest absolute Gasteiger partial charge is 0.335 e. The Labute approximate surface area is 253 Å². The minimum Gasteiger partial charge on any atom is -0.507 e. The summed E-state index contributed by atoms with van der Waals surface area (Å²) in [5.74, 6) is -1.96. The molecule has 1 aromatic heterocycles. The third-order valence-corrected chi connectivity index (χ3v) is 6.87. The van der Waals surface area contributed by atoms with Gasteiger partial charge in [-0.05, 0) is 76.0 Å². The Balaban J connectivity index is 1.63. The van der Waals surface area contributed by atoms with Gasteiger partial charge in [0, 0.05) is 20.0 Å². The van der Waals surface area contributed by atoms with Crippen LogP contribution in [-0.2, 0) is 23.0 Å². The van der Waals surface area contributed by atoms with Gasteiger partial charge in [-0.2, -0.15) is 0 Å². The molecule has 12 heteroatoms. The molecule has 0 aliphatic carbocycles. The van der Waals surface area contributed by atoms with Crippen LogP contribution < -0.4 is 21.3 Å². The maximum Gasteiger partial charge on any atom is 0.335 e. The maximum atomic E-state index is 13.5. The maximum absolute atomic E-state index is 13.5. The molecular formula is C32H36N4O8. The van der Waals surface area contributed by atoms with Crippen molar-refractivity contribution in [1.82, 2.24) is 19.4 Å². The van der Waals surface area contributed by atoms with Crippen LogP contribution in [0.1, 0.15) is 29.8 Å². The summed E-state index contributed by atoms with van der Waals surface area (Å²) in [5, 5.41) is 23.0. The van der Waals surface area contributed by atoms with Crippen molar-refractivity contribution < 1.29 is 29.3 Å². The highest BCUT2D eigenvalue weighted by Gasteiger charge is 2.27. The molecule has 0 aliphatic heterocycles. The molecule has 12 nitrogen and oxygen atoms in total. The number of esters is 1. The van der Waals surface area contributed by atoms with Crippen LogP contribution in [0.2, 0.25) is 0 Å². The summed E-state index contributed by atoms with van der Waals surface area (Å²) in [6.45, 7) is 4.46. The van der Waals surface area contributed by atoms with Crippen LogP contribution in [-0.4, -0.2) is 75.5 Å². The van der Waals surface area contributed by atoms with E-state index in [4.69, 9.17) is 9.47 Å². The Bertz CT molecular complexity index is 1770. The third kappa shape index (κ3) is 7.09. The minimum atomic E-state index is -1.17.